The van der Waals surface area contributed by atoms with Crippen LogP contribution in [-0.4, -0.2) is 68.1 Å². The van der Waals surface area contributed by atoms with Crippen molar-refractivity contribution in [1.29, 1.82) is 0 Å². The minimum atomic E-state index is -1.03. The van der Waals surface area contributed by atoms with Gasteiger partial charge in [-0.25, -0.2) is 14.6 Å². The van der Waals surface area contributed by atoms with Crippen molar-refractivity contribution in [1.82, 2.24) is 41.0 Å². The van der Waals surface area contributed by atoms with Gasteiger partial charge in [0.1, 0.15) is 42.5 Å². The number of nitrogens with one attached hydrogen (secondary N) is 4. The molecular formula is C38H48N8O5S. The number of hydrogen-bond donors (Lipinski definition) is 4. The maximum Gasteiger partial charge on any atom is 0.271 e. The molecule has 2 aromatic heterocycles. The van der Waals surface area contributed by atoms with E-state index in [9.17, 15) is 19.2 Å². The number of benzene rings is 2. The van der Waals surface area contributed by atoms with Gasteiger partial charge in [-0.15, -0.1) is 11.3 Å². The molecule has 0 fully saturated rings. The van der Waals surface area contributed by atoms with Gasteiger partial charge in [0.25, 0.3) is 5.91 Å². The molecule has 4 atom stereocenters. The van der Waals surface area contributed by atoms with Gasteiger partial charge in [-0.2, -0.15) is 5.10 Å². The summed E-state index contributed by atoms with van der Waals surface area (Å²) in [7, 11) is 0. The van der Waals surface area contributed by atoms with E-state index in [-0.39, 0.29) is 49.6 Å². The van der Waals surface area contributed by atoms with Crippen molar-refractivity contribution in [3.63, 3.8) is 0 Å². The molecule has 0 saturated carbocycles. The van der Waals surface area contributed by atoms with Gasteiger partial charge in [0.2, 0.25) is 17.7 Å². The third-order valence-electron chi connectivity index (χ3n) is 8.67. The normalized spacial score (nSPS) is 20.4. The van der Waals surface area contributed by atoms with Gasteiger partial charge in [-0.1, -0.05) is 70.2 Å². The second kappa shape index (κ2) is 17.4. The van der Waals surface area contributed by atoms with Crippen LogP contribution in [0.25, 0.3) is 0 Å². The Bertz CT molecular complexity index is 1840. The molecule has 0 spiro atoms. The van der Waals surface area contributed by atoms with E-state index >= 15 is 0 Å². The Morgan fingerprint density at radius 2 is 1.69 bits per heavy atom. The molecule has 4 N–H and O–H groups in total. The number of rotatable bonds is 7. The summed E-state index contributed by atoms with van der Waals surface area (Å²) < 4.78 is 7.65. The minimum Gasteiger partial charge on any atom is -0.491 e. The van der Waals surface area contributed by atoms with Gasteiger partial charge in [-0.3, -0.25) is 19.2 Å². The number of amides is 4. The number of carbonyl (C=O) groups is 4. The maximum absolute atomic E-state index is 14.3. The Kier molecular flexibility index (Phi) is 12.8. The average Bonchev–Trinajstić information content (AvgIpc) is 3.69. The first kappa shape index (κ1) is 38.1. The molecular weight excluding hydrogens is 681 g/mol. The third-order valence-corrected chi connectivity index (χ3v) is 9.44. The summed E-state index contributed by atoms with van der Waals surface area (Å²) in [6, 6.07) is 13.7. The van der Waals surface area contributed by atoms with Crippen LogP contribution in [0.4, 0.5) is 0 Å². The molecule has 0 aliphatic carbocycles. The fourth-order valence-corrected chi connectivity index (χ4v) is 6.74. The first-order valence-corrected chi connectivity index (χ1v) is 18.5. The molecule has 6 rings (SSSR count). The van der Waals surface area contributed by atoms with Gasteiger partial charge < -0.3 is 26.0 Å². The summed E-state index contributed by atoms with van der Waals surface area (Å²) in [6.07, 6.45) is 1.02. The molecule has 0 radical (unpaired) electrons. The number of aromatic nitrogens is 4. The highest BCUT2D eigenvalue weighted by atomic mass is 32.1. The van der Waals surface area contributed by atoms with E-state index in [1.54, 1.807) is 31.4 Å². The van der Waals surface area contributed by atoms with Crippen LogP contribution < -0.4 is 26.0 Å². The lowest BCUT2D eigenvalue weighted by Crippen LogP contribution is -2.55. The van der Waals surface area contributed by atoms with Crippen molar-refractivity contribution in [2.24, 2.45) is 11.8 Å². The van der Waals surface area contributed by atoms with Crippen molar-refractivity contribution in [3.8, 4) is 5.75 Å². The van der Waals surface area contributed by atoms with Crippen LogP contribution in [0.1, 0.15) is 78.4 Å². The van der Waals surface area contributed by atoms with Crippen LogP contribution >= 0.6 is 11.3 Å². The van der Waals surface area contributed by atoms with E-state index in [1.165, 1.54) is 16.0 Å². The second-order valence-corrected chi connectivity index (χ2v) is 15.0. The average molecular weight is 729 g/mol. The number of thiazole rings is 1. The van der Waals surface area contributed by atoms with Crippen molar-refractivity contribution < 1.29 is 23.9 Å². The van der Waals surface area contributed by atoms with E-state index < -0.39 is 35.8 Å². The van der Waals surface area contributed by atoms with Crippen molar-refractivity contribution in [2.75, 3.05) is 6.61 Å². The number of ether oxygens (including phenoxy) is 1. The standard InChI is InChI=1S/C38H48N8O5S/c1-22(2)16-28-20-51-29-14-12-27(13-15-29)18-30(43-38(50)32-21-52-25(6)40-32)36(48)42-31(17-26-10-8-7-9-11-26)37(49)44-34(23(3)4)35-39-24(5)45-46(35)19-33(47)41-28/h7-15,21-23,28,30-31,34H,16-20H2,1-6H3,(H,41,47)(H,42,48)(H,43,50)(H,44,49)/t28-,30+,31-,34-/m0/s1. The molecule has 2 aliphatic rings. The minimum absolute atomic E-state index is 0.109. The highest BCUT2D eigenvalue weighted by Gasteiger charge is 2.32. The lowest BCUT2D eigenvalue weighted by Gasteiger charge is -2.27. The highest BCUT2D eigenvalue weighted by Crippen LogP contribution is 2.22. The van der Waals surface area contributed by atoms with E-state index in [1.807, 2.05) is 56.3 Å². The highest BCUT2D eigenvalue weighted by molar-refractivity contribution is 7.09. The van der Waals surface area contributed by atoms with Crippen LogP contribution in [0.5, 0.6) is 5.75 Å². The molecule has 4 amide bonds. The molecule has 0 saturated heterocycles. The van der Waals surface area contributed by atoms with Crippen LogP contribution in [0.2, 0.25) is 0 Å². The number of fused-ring (bicyclic) bond motifs is 14. The van der Waals surface area contributed by atoms with E-state index in [0.29, 0.717) is 29.7 Å². The summed E-state index contributed by atoms with van der Waals surface area (Å²) in [6.45, 7) is 11.7. The van der Waals surface area contributed by atoms with Crippen LogP contribution in [0, 0.1) is 25.7 Å². The Morgan fingerprint density at radius 3 is 2.35 bits per heavy atom. The molecule has 4 heterocycles. The predicted octanol–water partition coefficient (Wildman–Crippen LogP) is 3.86. The van der Waals surface area contributed by atoms with Crippen molar-refractivity contribution >= 4 is 35.0 Å². The van der Waals surface area contributed by atoms with E-state index in [4.69, 9.17) is 4.74 Å². The van der Waals surface area contributed by atoms with Crippen molar-refractivity contribution in [3.05, 3.63) is 93.5 Å². The SMILES string of the molecule is Cc1nc2n(n1)CC(=O)N[C@@H](CC(C)C)COc1ccc(cc1)C[C@@H](NC(=O)c1csc(C)n1)C(=O)N[C@@H](Cc1ccccc1)C(=O)N[C@H]2C(C)C. The van der Waals surface area contributed by atoms with Crippen molar-refractivity contribution in [2.45, 2.75) is 91.5 Å². The zero-order valence-electron chi connectivity index (χ0n) is 30.5. The van der Waals surface area contributed by atoms with Gasteiger partial charge in [0, 0.05) is 18.2 Å². The van der Waals surface area contributed by atoms with Gasteiger partial charge in [0.05, 0.1) is 17.1 Å². The Balaban J connectivity index is 1.53. The second-order valence-electron chi connectivity index (χ2n) is 14.0. The monoisotopic (exact) mass is 728 g/mol. The maximum atomic E-state index is 14.3. The molecule has 2 bridgehead atoms. The summed E-state index contributed by atoms with van der Waals surface area (Å²) in [5, 5.41) is 18.9. The largest absolute Gasteiger partial charge is 0.491 e. The molecule has 14 heteroatoms. The fourth-order valence-electron chi connectivity index (χ4n) is 6.14. The third kappa shape index (κ3) is 10.5. The number of nitrogens with zero attached hydrogens (tertiary/aromatic N) is 4. The van der Waals surface area contributed by atoms with Crippen LogP contribution in [0.15, 0.2) is 60.0 Å². The molecule has 0 unspecified atom stereocenters. The van der Waals surface area contributed by atoms with E-state index in [0.717, 1.165) is 16.1 Å². The predicted molar refractivity (Wildman–Crippen MR) is 198 cm³/mol. The smallest absolute Gasteiger partial charge is 0.271 e. The van der Waals surface area contributed by atoms with Gasteiger partial charge in [-0.05, 0) is 55.4 Å². The van der Waals surface area contributed by atoms with Gasteiger partial charge in [0.15, 0.2) is 5.82 Å². The molecule has 13 nitrogen and oxygen atoms in total. The summed E-state index contributed by atoms with van der Waals surface area (Å²) in [5.41, 5.74) is 1.81. The fraction of sp³-hybridized carbons (Fsp3) is 0.447. The quantitative estimate of drug-likeness (QED) is 0.223. The first-order chi connectivity index (χ1) is 24.8. The lowest BCUT2D eigenvalue weighted by molar-refractivity contribution is -0.130. The zero-order chi connectivity index (χ0) is 37.4. The Hall–Kier alpha value is -5.11. The number of hydrogen-bond acceptors (Lipinski definition) is 9. The Labute approximate surface area is 308 Å². The molecule has 4 aromatic rings. The summed E-state index contributed by atoms with van der Waals surface area (Å²) in [5.74, 6) is -0.104. The van der Waals surface area contributed by atoms with Crippen LogP contribution in [0.3, 0.4) is 0 Å². The zero-order valence-corrected chi connectivity index (χ0v) is 31.3. The molecule has 2 aliphatic heterocycles. The topological polar surface area (TPSA) is 169 Å². The van der Waals surface area contributed by atoms with Crippen LogP contribution in [-0.2, 0) is 33.8 Å². The number of aryl methyl sites for hydroxylation is 2. The first-order valence-electron chi connectivity index (χ1n) is 17.6. The number of carbonyl (C=O) groups excluding carboxylic acids is 4. The summed E-state index contributed by atoms with van der Waals surface area (Å²) >= 11 is 1.34. The molecule has 276 valence electrons. The molecule has 52 heavy (non-hydrogen) atoms. The Morgan fingerprint density at radius 1 is 0.962 bits per heavy atom. The molecule has 2 aromatic carbocycles. The lowest BCUT2D eigenvalue weighted by atomic mass is 10.00. The van der Waals surface area contributed by atoms with Gasteiger partial charge >= 0.3 is 0 Å². The van der Waals surface area contributed by atoms with E-state index in [2.05, 4.69) is 50.2 Å². The summed E-state index contributed by atoms with van der Waals surface area (Å²) in [4.78, 5) is 64.2.